The van der Waals surface area contributed by atoms with Crippen molar-refractivity contribution in [1.82, 2.24) is 10.3 Å². The highest BCUT2D eigenvalue weighted by Gasteiger charge is 2.13. The van der Waals surface area contributed by atoms with E-state index < -0.39 is 0 Å². The monoisotopic (exact) mass is 301 g/mol. The van der Waals surface area contributed by atoms with Crippen molar-refractivity contribution in [2.75, 3.05) is 11.9 Å². The third-order valence-electron chi connectivity index (χ3n) is 3.66. The van der Waals surface area contributed by atoms with E-state index in [1.165, 1.54) is 11.1 Å². The average Bonchev–Trinajstić information content (AvgIpc) is 2.49. The Morgan fingerprint density at radius 1 is 1.29 bits per heavy atom. The molecule has 2 heterocycles. The van der Waals surface area contributed by atoms with E-state index in [0.717, 1.165) is 19.5 Å². The van der Waals surface area contributed by atoms with Crippen molar-refractivity contribution in [3.05, 3.63) is 57.9 Å². The van der Waals surface area contributed by atoms with Crippen LogP contribution in [-0.2, 0) is 13.0 Å². The summed E-state index contributed by atoms with van der Waals surface area (Å²) in [5.74, 6) is -0.129. The Labute approximate surface area is 128 Å². The van der Waals surface area contributed by atoms with Crippen LogP contribution in [0.3, 0.4) is 0 Å². The van der Waals surface area contributed by atoms with Crippen LogP contribution in [-0.4, -0.2) is 17.4 Å². The average molecular weight is 302 g/mol. The van der Waals surface area contributed by atoms with E-state index in [4.69, 9.17) is 11.6 Å². The van der Waals surface area contributed by atoms with Crippen molar-refractivity contribution < 1.29 is 4.79 Å². The highest BCUT2D eigenvalue weighted by atomic mass is 35.5. The molecule has 4 nitrogen and oxygen atoms in total. The van der Waals surface area contributed by atoms with Crippen molar-refractivity contribution in [2.45, 2.75) is 19.9 Å². The van der Waals surface area contributed by atoms with Gasteiger partial charge in [0.2, 0.25) is 0 Å². The number of pyridine rings is 1. The number of rotatable bonds is 2. The molecule has 1 aliphatic rings. The minimum absolute atomic E-state index is 0.129. The van der Waals surface area contributed by atoms with Crippen LogP contribution in [0, 0.1) is 6.92 Å². The summed E-state index contributed by atoms with van der Waals surface area (Å²) in [4.78, 5) is 16.5. The van der Waals surface area contributed by atoms with Crippen LogP contribution in [0.15, 0.2) is 30.3 Å². The smallest absolute Gasteiger partial charge is 0.255 e. The summed E-state index contributed by atoms with van der Waals surface area (Å²) in [6.45, 7) is 3.63. The maximum absolute atomic E-state index is 12.3. The van der Waals surface area contributed by atoms with Gasteiger partial charge in [0.1, 0.15) is 5.15 Å². The number of benzene rings is 1. The summed E-state index contributed by atoms with van der Waals surface area (Å²) < 4.78 is 0. The van der Waals surface area contributed by atoms with Gasteiger partial charge in [-0.05, 0) is 55.3 Å². The molecule has 0 atom stereocenters. The minimum atomic E-state index is -0.129. The second-order valence-electron chi connectivity index (χ2n) is 5.13. The third-order valence-corrected chi connectivity index (χ3v) is 3.87. The first-order chi connectivity index (χ1) is 10.1. The van der Waals surface area contributed by atoms with Gasteiger partial charge in [-0.15, -0.1) is 0 Å². The Morgan fingerprint density at radius 3 is 2.95 bits per heavy atom. The molecule has 0 fully saturated rings. The fourth-order valence-corrected chi connectivity index (χ4v) is 2.67. The molecule has 0 bridgehead atoms. The highest BCUT2D eigenvalue weighted by Crippen LogP contribution is 2.19. The van der Waals surface area contributed by atoms with Gasteiger partial charge in [-0.3, -0.25) is 4.79 Å². The number of anilines is 1. The second kappa shape index (κ2) is 5.84. The Kier molecular flexibility index (Phi) is 3.90. The van der Waals surface area contributed by atoms with Crippen LogP contribution in [0.1, 0.15) is 27.2 Å². The van der Waals surface area contributed by atoms with E-state index in [9.17, 15) is 4.79 Å². The van der Waals surface area contributed by atoms with Crippen molar-refractivity contribution in [3.63, 3.8) is 0 Å². The van der Waals surface area contributed by atoms with Crippen molar-refractivity contribution in [2.24, 2.45) is 0 Å². The second-order valence-corrected chi connectivity index (χ2v) is 5.52. The predicted molar refractivity (Wildman–Crippen MR) is 83.8 cm³/mol. The van der Waals surface area contributed by atoms with E-state index in [-0.39, 0.29) is 5.91 Å². The van der Waals surface area contributed by atoms with Crippen LogP contribution in [0.25, 0.3) is 0 Å². The number of amides is 1. The third kappa shape index (κ3) is 3.06. The number of nitrogens with one attached hydrogen (secondary N) is 2. The first-order valence-corrected chi connectivity index (χ1v) is 7.28. The molecule has 5 heteroatoms. The van der Waals surface area contributed by atoms with Crippen LogP contribution >= 0.6 is 11.6 Å². The Bertz CT molecular complexity index is 700. The van der Waals surface area contributed by atoms with E-state index in [2.05, 4.69) is 15.6 Å². The predicted octanol–water partition coefficient (Wildman–Crippen LogP) is 2.94. The summed E-state index contributed by atoms with van der Waals surface area (Å²) in [6.07, 6.45) is 1.01. The number of halogens is 1. The molecule has 1 amide bonds. The van der Waals surface area contributed by atoms with Gasteiger partial charge in [0.25, 0.3) is 5.91 Å². The molecule has 3 rings (SSSR count). The lowest BCUT2D eigenvalue weighted by atomic mass is 9.98. The number of fused-ring (bicyclic) bond motifs is 1. The van der Waals surface area contributed by atoms with Gasteiger partial charge >= 0.3 is 0 Å². The van der Waals surface area contributed by atoms with E-state index >= 15 is 0 Å². The maximum Gasteiger partial charge on any atom is 0.255 e. The summed E-state index contributed by atoms with van der Waals surface area (Å²) in [7, 11) is 0. The molecule has 1 aliphatic heterocycles. The quantitative estimate of drug-likeness (QED) is 0.839. The molecule has 0 radical (unpaired) electrons. The van der Waals surface area contributed by atoms with Gasteiger partial charge in [0, 0.05) is 12.1 Å². The fraction of sp³-hybridized carbons (Fsp3) is 0.250. The lowest BCUT2D eigenvalue weighted by Gasteiger charge is -2.17. The van der Waals surface area contributed by atoms with Gasteiger partial charge < -0.3 is 10.6 Å². The largest absolute Gasteiger partial charge is 0.320 e. The first kappa shape index (κ1) is 14.0. The molecule has 1 aromatic heterocycles. The minimum Gasteiger partial charge on any atom is -0.320 e. The highest BCUT2D eigenvalue weighted by molar-refractivity contribution is 6.29. The van der Waals surface area contributed by atoms with Gasteiger partial charge in [0.05, 0.1) is 11.4 Å². The fourth-order valence-electron chi connectivity index (χ4n) is 2.48. The SMILES string of the molecule is Cc1nc(Cl)ccc1NC(=O)c1ccc2c(c1)CNCC2. The summed E-state index contributed by atoms with van der Waals surface area (Å²) in [6, 6.07) is 9.30. The van der Waals surface area contributed by atoms with E-state index in [1.807, 2.05) is 25.1 Å². The van der Waals surface area contributed by atoms with E-state index in [1.54, 1.807) is 12.1 Å². The number of carbonyl (C=O) groups is 1. The van der Waals surface area contributed by atoms with Crippen molar-refractivity contribution in [3.8, 4) is 0 Å². The molecule has 1 aromatic carbocycles. The van der Waals surface area contributed by atoms with Crippen molar-refractivity contribution >= 4 is 23.2 Å². The number of aryl methyl sites for hydroxylation is 1. The Hall–Kier alpha value is -1.91. The van der Waals surface area contributed by atoms with Gasteiger partial charge in [0.15, 0.2) is 0 Å². The van der Waals surface area contributed by atoms with Gasteiger partial charge in [-0.25, -0.2) is 4.98 Å². The van der Waals surface area contributed by atoms with Crippen LogP contribution < -0.4 is 10.6 Å². The molecular weight excluding hydrogens is 286 g/mol. The molecule has 2 N–H and O–H groups in total. The molecule has 2 aromatic rings. The van der Waals surface area contributed by atoms with Crippen LogP contribution in [0.4, 0.5) is 5.69 Å². The zero-order valence-corrected chi connectivity index (χ0v) is 12.5. The topological polar surface area (TPSA) is 54.0 Å². The van der Waals surface area contributed by atoms with E-state index in [0.29, 0.717) is 22.1 Å². The lowest BCUT2D eigenvalue weighted by molar-refractivity contribution is 0.102. The van der Waals surface area contributed by atoms with Crippen molar-refractivity contribution in [1.29, 1.82) is 0 Å². The number of nitrogens with zero attached hydrogens (tertiary/aromatic N) is 1. The molecule has 108 valence electrons. The zero-order valence-electron chi connectivity index (χ0n) is 11.7. The molecule has 0 saturated carbocycles. The zero-order chi connectivity index (χ0) is 14.8. The van der Waals surface area contributed by atoms with Crippen LogP contribution in [0.2, 0.25) is 5.15 Å². The Morgan fingerprint density at radius 2 is 2.14 bits per heavy atom. The number of hydrogen-bond acceptors (Lipinski definition) is 3. The lowest BCUT2D eigenvalue weighted by Crippen LogP contribution is -2.24. The molecule has 0 unspecified atom stereocenters. The maximum atomic E-state index is 12.3. The molecule has 21 heavy (non-hydrogen) atoms. The normalized spacial score (nSPS) is 13.6. The number of aromatic nitrogens is 1. The van der Waals surface area contributed by atoms with Gasteiger partial charge in [-0.1, -0.05) is 17.7 Å². The number of hydrogen-bond donors (Lipinski definition) is 2. The molecule has 0 spiro atoms. The van der Waals surface area contributed by atoms with Gasteiger partial charge in [-0.2, -0.15) is 0 Å². The molecular formula is C16H16ClN3O. The standard InChI is InChI=1S/C16H16ClN3O/c1-10-14(4-5-15(17)19-10)20-16(21)12-3-2-11-6-7-18-9-13(11)8-12/h2-5,8,18H,6-7,9H2,1H3,(H,20,21). The molecule has 0 saturated heterocycles. The summed E-state index contributed by atoms with van der Waals surface area (Å²) >= 11 is 5.82. The van der Waals surface area contributed by atoms with Crippen LogP contribution in [0.5, 0.6) is 0 Å². The summed E-state index contributed by atoms with van der Waals surface area (Å²) in [5.41, 5.74) is 4.55. The number of carbonyl (C=O) groups excluding carboxylic acids is 1. The Balaban J connectivity index is 1.82. The first-order valence-electron chi connectivity index (χ1n) is 6.90. The summed E-state index contributed by atoms with van der Waals surface area (Å²) in [5, 5.41) is 6.62. The molecule has 0 aliphatic carbocycles.